The molecule has 4 nitrogen and oxygen atoms in total. The Hall–Kier alpha value is -0.130. The van der Waals surface area contributed by atoms with Gasteiger partial charge in [0.15, 0.2) is 9.84 Å². The molecule has 0 aromatic heterocycles. The Balaban J connectivity index is 1.83. The van der Waals surface area contributed by atoms with E-state index in [0.717, 1.165) is 19.5 Å². The Morgan fingerprint density at radius 2 is 2.00 bits per heavy atom. The van der Waals surface area contributed by atoms with Crippen molar-refractivity contribution in [3.05, 3.63) is 0 Å². The summed E-state index contributed by atoms with van der Waals surface area (Å²) in [6, 6.07) is 0.340. The zero-order chi connectivity index (χ0) is 12.6. The molecule has 2 aliphatic rings. The van der Waals surface area contributed by atoms with Gasteiger partial charge in [-0.3, -0.25) is 0 Å². The molecule has 1 aliphatic heterocycles. The fourth-order valence-electron chi connectivity index (χ4n) is 3.07. The van der Waals surface area contributed by atoms with E-state index in [-0.39, 0.29) is 5.25 Å². The van der Waals surface area contributed by atoms with Crippen LogP contribution in [0.25, 0.3) is 0 Å². The van der Waals surface area contributed by atoms with Crippen molar-refractivity contribution in [3.63, 3.8) is 0 Å². The van der Waals surface area contributed by atoms with Crippen LogP contribution in [0, 0.1) is 11.8 Å². The summed E-state index contributed by atoms with van der Waals surface area (Å²) in [6.45, 7) is 6.24. The SMILES string of the molecule is CC(C)S(=O)(=O)CCN1CC2CCC(N)C2C1. The predicted molar refractivity (Wildman–Crippen MR) is 69.6 cm³/mol. The first-order valence-electron chi connectivity index (χ1n) is 6.59. The molecule has 1 saturated carbocycles. The molecular formula is C12H24N2O2S. The molecule has 0 aromatic carbocycles. The molecule has 100 valence electrons. The van der Waals surface area contributed by atoms with Crippen molar-refractivity contribution in [2.75, 3.05) is 25.4 Å². The van der Waals surface area contributed by atoms with Crippen LogP contribution < -0.4 is 5.73 Å². The van der Waals surface area contributed by atoms with E-state index in [1.54, 1.807) is 13.8 Å². The predicted octanol–water partition coefficient (Wildman–Crippen LogP) is 0.479. The molecule has 0 spiro atoms. The van der Waals surface area contributed by atoms with Crippen LogP contribution in [0.1, 0.15) is 26.7 Å². The molecule has 5 heteroatoms. The number of hydrogen-bond acceptors (Lipinski definition) is 4. The van der Waals surface area contributed by atoms with E-state index >= 15 is 0 Å². The monoisotopic (exact) mass is 260 g/mol. The third kappa shape index (κ3) is 2.83. The molecule has 3 unspecified atom stereocenters. The summed E-state index contributed by atoms with van der Waals surface area (Å²) in [7, 11) is -2.90. The van der Waals surface area contributed by atoms with Crippen molar-refractivity contribution in [2.24, 2.45) is 17.6 Å². The Morgan fingerprint density at radius 1 is 1.29 bits per heavy atom. The smallest absolute Gasteiger partial charge is 0.153 e. The van der Waals surface area contributed by atoms with Gasteiger partial charge in [0.1, 0.15) is 0 Å². The number of sulfone groups is 1. The maximum absolute atomic E-state index is 11.7. The number of hydrogen-bond donors (Lipinski definition) is 1. The first-order valence-corrected chi connectivity index (χ1v) is 8.31. The zero-order valence-corrected chi connectivity index (χ0v) is 11.6. The van der Waals surface area contributed by atoms with Crippen molar-refractivity contribution in [1.29, 1.82) is 0 Å². The van der Waals surface area contributed by atoms with E-state index in [1.165, 1.54) is 6.42 Å². The van der Waals surface area contributed by atoms with E-state index in [1.807, 2.05) is 0 Å². The van der Waals surface area contributed by atoms with Crippen LogP contribution in [0.5, 0.6) is 0 Å². The average Bonchev–Trinajstić information content (AvgIpc) is 2.78. The molecule has 1 heterocycles. The van der Waals surface area contributed by atoms with Gasteiger partial charge in [0.05, 0.1) is 11.0 Å². The molecule has 0 bridgehead atoms. The number of rotatable bonds is 4. The normalized spacial score (nSPS) is 34.5. The van der Waals surface area contributed by atoms with Crippen molar-refractivity contribution >= 4 is 9.84 Å². The second kappa shape index (κ2) is 4.86. The highest BCUT2D eigenvalue weighted by Gasteiger charge is 2.40. The molecule has 1 aliphatic carbocycles. The molecule has 0 amide bonds. The summed E-state index contributed by atoms with van der Waals surface area (Å²) in [5.74, 6) is 1.61. The molecule has 17 heavy (non-hydrogen) atoms. The number of likely N-dealkylation sites (tertiary alicyclic amines) is 1. The van der Waals surface area contributed by atoms with Crippen LogP contribution in [0.15, 0.2) is 0 Å². The van der Waals surface area contributed by atoms with Gasteiger partial charge in [-0.25, -0.2) is 8.42 Å². The maximum Gasteiger partial charge on any atom is 0.153 e. The fraction of sp³-hybridized carbons (Fsp3) is 1.00. The van der Waals surface area contributed by atoms with Crippen molar-refractivity contribution in [1.82, 2.24) is 4.90 Å². The molecule has 2 rings (SSSR count). The van der Waals surface area contributed by atoms with Gasteiger partial charge in [-0.15, -0.1) is 0 Å². The Bertz CT molecular complexity index is 367. The van der Waals surface area contributed by atoms with Crippen LogP contribution in [-0.4, -0.2) is 50.0 Å². The van der Waals surface area contributed by atoms with Crippen molar-refractivity contribution < 1.29 is 8.42 Å². The Morgan fingerprint density at radius 3 is 2.59 bits per heavy atom. The lowest BCUT2D eigenvalue weighted by molar-refractivity contribution is 0.322. The van der Waals surface area contributed by atoms with Crippen LogP contribution in [-0.2, 0) is 9.84 Å². The second-order valence-electron chi connectivity index (χ2n) is 5.84. The minimum Gasteiger partial charge on any atom is -0.327 e. The minimum atomic E-state index is -2.90. The van der Waals surface area contributed by atoms with E-state index in [2.05, 4.69) is 4.90 Å². The molecule has 0 radical (unpaired) electrons. The third-order valence-electron chi connectivity index (χ3n) is 4.40. The Kier molecular flexibility index (Phi) is 3.80. The third-order valence-corrected chi connectivity index (χ3v) is 6.59. The zero-order valence-electron chi connectivity index (χ0n) is 10.8. The number of nitrogens with zero attached hydrogens (tertiary/aromatic N) is 1. The van der Waals surface area contributed by atoms with Crippen molar-refractivity contribution in [3.8, 4) is 0 Å². The highest BCUT2D eigenvalue weighted by molar-refractivity contribution is 7.92. The summed E-state index contributed by atoms with van der Waals surface area (Å²) in [6.07, 6.45) is 2.37. The van der Waals surface area contributed by atoms with E-state index < -0.39 is 9.84 Å². The van der Waals surface area contributed by atoms with E-state index in [4.69, 9.17) is 5.73 Å². The number of nitrogens with two attached hydrogens (primary N) is 1. The van der Waals surface area contributed by atoms with Gasteiger partial charge in [0.2, 0.25) is 0 Å². The lowest BCUT2D eigenvalue weighted by Gasteiger charge is -2.18. The van der Waals surface area contributed by atoms with Crippen LogP contribution in [0.3, 0.4) is 0 Å². The Labute approximate surface area is 104 Å². The van der Waals surface area contributed by atoms with E-state index in [0.29, 0.717) is 30.2 Å². The lowest BCUT2D eigenvalue weighted by atomic mass is 9.98. The first-order chi connectivity index (χ1) is 7.90. The van der Waals surface area contributed by atoms with Crippen LogP contribution in [0.2, 0.25) is 0 Å². The molecule has 3 atom stereocenters. The second-order valence-corrected chi connectivity index (χ2v) is 8.52. The quantitative estimate of drug-likeness (QED) is 0.798. The average molecular weight is 260 g/mol. The minimum absolute atomic E-state index is 0.258. The van der Waals surface area contributed by atoms with Gasteiger partial charge in [-0.1, -0.05) is 0 Å². The highest BCUT2D eigenvalue weighted by atomic mass is 32.2. The summed E-state index contributed by atoms with van der Waals surface area (Å²) in [4.78, 5) is 2.29. The number of fused-ring (bicyclic) bond motifs is 1. The van der Waals surface area contributed by atoms with Gasteiger partial charge in [0, 0.05) is 25.7 Å². The maximum atomic E-state index is 11.7. The topological polar surface area (TPSA) is 63.4 Å². The molecule has 1 saturated heterocycles. The lowest BCUT2D eigenvalue weighted by Crippen LogP contribution is -2.33. The van der Waals surface area contributed by atoms with Gasteiger partial charge >= 0.3 is 0 Å². The summed E-state index contributed by atoms with van der Waals surface area (Å²) in [5, 5.41) is -0.258. The summed E-state index contributed by atoms with van der Waals surface area (Å²) in [5.41, 5.74) is 6.07. The van der Waals surface area contributed by atoms with Gasteiger partial charge in [-0.05, 0) is 38.5 Å². The molecule has 2 N–H and O–H groups in total. The van der Waals surface area contributed by atoms with Crippen LogP contribution in [0.4, 0.5) is 0 Å². The molecule has 2 fully saturated rings. The van der Waals surface area contributed by atoms with Crippen LogP contribution >= 0.6 is 0 Å². The summed E-state index contributed by atoms with van der Waals surface area (Å²) < 4.78 is 23.5. The van der Waals surface area contributed by atoms with Gasteiger partial charge < -0.3 is 10.6 Å². The highest BCUT2D eigenvalue weighted by Crippen LogP contribution is 2.36. The van der Waals surface area contributed by atoms with Gasteiger partial charge in [-0.2, -0.15) is 0 Å². The standard InChI is InChI=1S/C12H24N2O2S/c1-9(2)17(15,16)6-5-14-7-10-3-4-12(13)11(10)8-14/h9-12H,3-8,13H2,1-2H3. The van der Waals surface area contributed by atoms with Crippen molar-refractivity contribution in [2.45, 2.75) is 38.0 Å². The largest absolute Gasteiger partial charge is 0.327 e. The summed E-state index contributed by atoms with van der Waals surface area (Å²) >= 11 is 0. The first kappa shape index (κ1) is 13.3. The molecule has 0 aromatic rings. The fourth-order valence-corrected chi connectivity index (χ4v) is 4.06. The van der Waals surface area contributed by atoms with E-state index in [9.17, 15) is 8.42 Å². The molecular weight excluding hydrogens is 236 g/mol. The van der Waals surface area contributed by atoms with Gasteiger partial charge in [0.25, 0.3) is 0 Å².